The molecule has 0 amide bonds. The molecule has 1 N–H and O–H groups in total. The minimum atomic E-state index is 0.666. The number of nitrogens with one attached hydrogen (secondary N) is 1. The van der Waals surface area contributed by atoms with Gasteiger partial charge < -0.3 is 5.32 Å². The summed E-state index contributed by atoms with van der Waals surface area (Å²) in [6, 6.07) is 0.731. The van der Waals surface area contributed by atoms with Gasteiger partial charge in [0.2, 0.25) is 0 Å². The van der Waals surface area contributed by atoms with Crippen molar-refractivity contribution in [3.63, 3.8) is 0 Å². The lowest BCUT2D eigenvalue weighted by Gasteiger charge is -2.40. The van der Waals surface area contributed by atoms with Gasteiger partial charge in [-0.05, 0) is 37.0 Å². The quantitative estimate of drug-likeness (QED) is 0.808. The molecule has 2 rings (SSSR count). The SMILES string of the molecule is CCC1(CN2CCNC(CC(C)C)C2)CCCC1. The standard InChI is InChI=1S/C16H32N2/c1-4-16(7-5-6-8-16)13-18-10-9-17-15(12-18)11-14(2)3/h14-15,17H,4-13H2,1-3H3. The molecule has 0 radical (unpaired) electrons. The van der Waals surface area contributed by atoms with Crippen molar-refractivity contribution >= 4 is 0 Å². The molecule has 1 aliphatic heterocycles. The fourth-order valence-electron chi connectivity index (χ4n) is 3.99. The first-order valence-electron chi connectivity index (χ1n) is 8.09. The predicted octanol–water partition coefficient (Wildman–Crippen LogP) is 3.28. The van der Waals surface area contributed by atoms with E-state index in [4.69, 9.17) is 0 Å². The van der Waals surface area contributed by atoms with Crippen LogP contribution in [0.1, 0.15) is 59.3 Å². The van der Waals surface area contributed by atoms with Crippen LogP contribution in [0.3, 0.4) is 0 Å². The molecule has 1 aliphatic carbocycles. The lowest BCUT2D eigenvalue weighted by Crippen LogP contribution is -2.53. The van der Waals surface area contributed by atoms with Crippen molar-refractivity contribution in [3.05, 3.63) is 0 Å². The van der Waals surface area contributed by atoms with Gasteiger partial charge in [-0.2, -0.15) is 0 Å². The first kappa shape index (κ1) is 14.3. The summed E-state index contributed by atoms with van der Waals surface area (Å²) in [7, 11) is 0. The molecule has 2 nitrogen and oxygen atoms in total. The second-order valence-electron chi connectivity index (χ2n) is 7.08. The van der Waals surface area contributed by atoms with Crippen molar-refractivity contribution in [1.82, 2.24) is 10.2 Å². The minimum Gasteiger partial charge on any atom is -0.311 e. The van der Waals surface area contributed by atoms with Gasteiger partial charge in [0.25, 0.3) is 0 Å². The highest BCUT2D eigenvalue weighted by Crippen LogP contribution is 2.41. The summed E-state index contributed by atoms with van der Waals surface area (Å²) in [6.45, 7) is 12.2. The van der Waals surface area contributed by atoms with Gasteiger partial charge >= 0.3 is 0 Å². The Labute approximate surface area is 114 Å². The van der Waals surface area contributed by atoms with Crippen molar-refractivity contribution in [2.75, 3.05) is 26.2 Å². The summed E-state index contributed by atoms with van der Waals surface area (Å²) < 4.78 is 0. The Morgan fingerprint density at radius 1 is 1.28 bits per heavy atom. The largest absolute Gasteiger partial charge is 0.311 e. The molecular weight excluding hydrogens is 220 g/mol. The average molecular weight is 252 g/mol. The molecule has 0 bridgehead atoms. The maximum absolute atomic E-state index is 3.69. The van der Waals surface area contributed by atoms with Crippen LogP contribution in [0, 0.1) is 11.3 Å². The summed E-state index contributed by atoms with van der Waals surface area (Å²) >= 11 is 0. The first-order valence-corrected chi connectivity index (χ1v) is 8.09. The minimum absolute atomic E-state index is 0.666. The number of hydrogen-bond acceptors (Lipinski definition) is 2. The maximum atomic E-state index is 3.69. The Morgan fingerprint density at radius 3 is 2.61 bits per heavy atom. The molecule has 0 aromatic rings. The summed E-state index contributed by atoms with van der Waals surface area (Å²) in [5, 5.41) is 3.69. The molecule has 2 heteroatoms. The molecule has 1 atom stereocenters. The molecule has 0 aromatic carbocycles. The Bertz CT molecular complexity index is 243. The predicted molar refractivity (Wildman–Crippen MR) is 78.9 cm³/mol. The summed E-state index contributed by atoms with van der Waals surface area (Å²) in [4.78, 5) is 2.75. The third-order valence-corrected chi connectivity index (χ3v) is 5.07. The number of nitrogens with zero attached hydrogens (tertiary/aromatic N) is 1. The van der Waals surface area contributed by atoms with Gasteiger partial charge in [-0.1, -0.05) is 33.6 Å². The molecule has 2 aliphatic rings. The molecule has 0 spiro atoms. The second-order valence-corrected chi connectivity index (χ2v) is 7.08. The number of piperazine rings is 1. The fraction of sp³-hybridized carbons (Fsp3) is 1.00. The van der Waals surface area contributed by atoms with E-state index in [0.717, 1.165) is 12.0 Å². The molecule has 1 saturated heterocycles. The molecule has 1 saturated carbocycles. The summed E-state index contributed by atoms with van der Waals surface area (Å²) in [5.41, 5.74) is 0.666. The van der Waals surface area contributed by atoms with E-state index in [9.17, 15) is 0 Å². The van der Waals surface area contributed by atoms with E-state index < -0.39 is 0 Å². The average Bonchev–Trinajstić information content (AvgIpc) is 2.78. The molecule has 1 heterocycles. The monoisotopic (exact) mass is 252 g/mol. The lowest BCUT2D eigenvalue weighted by molar-refractivity contribution is 0.110. The van der Waals surface area contributed by atoms with Crippen LogP contribution >= 0.6 is 0 Å². The van der Waals surface area contributed by atoms with Crippen LogP contribution in [0.2, 0.25) is 0 Å². The zero-order chi connectivity index (χ0) is 13.0. The molecule has 106 valence electrons. The van der Waals surface area contributed by atoms with E-state index >= 15 is 0 Å². The Kier molecular flexibility index (Phi) is 5.08. The smallest absolute Gasteiger partial charge is 0.0198 e. The van der Waals surface area contributed by atoms with Crippen molar-refractivity contribution in [1.29, 1.82) is 0 Å². The van der Waals surface area contributed by atoms with Crippen LogP contribution in [0.15, 0.2) is 0 Å². The topological polar surface area (TPSA) is 15.3 Å². The van der Waals surface area contributed by atoms with Crippen LogP contribution in [-0.2, 0) is 0 Å². The van der Waals surface area contributed by atoms with Crippen LogP contribution in [0.5, 0.6) is 0 Å². The van der Waals surface area contributed by atoms with Gasteiger partial charge in [0, 0.05) is 32.2 Å². The molecule has 18 heavy (non-hydrogen) atoms. The number of hydrogen-bond donors (Lipinski definition) is 1. The number of rotatable bonds is 5. The zero-order valence-corrected chi connectivity index (χ0v) is 12.7. The highest BCUT2D eigenvalue weighted by Gasteiger charge is 2.34. The van der Waals surface area contributed by atoms with Gasteiger partial charge in [0.05, 0.1) is 0 Å². The Hall–Kier alpha value is -0.0800. The fourth-order valence-corrected chi connectivity index (χ4v) is 3.99. The van der Waals surface area contributed by atoms with Crippen molar-refractivity contribution in [2.24, 2.45) is 11.3 Å². The van der Waals surface area contributed by atoms with E-state index in [1.165, 1.54) is 64.7 Å². The molecule has 1 unspecified atom stereocenters. The first-order chi connectivity index (χ1) is 8.63. The van der Waals surface area contributed by atoms with Crippen LogP contribution in [0.4, 0.5) is 0 Å². The highest BCUT2D eigenvalue weighted by atomic mass is 15.2. The van der Waals surface area contributed by atoms with E-state index in [1.807, 2.05) is 0 Å². The maximum Gasteiger partial charge on any atom is 0.0198 e. The van der Waals surface area contributed by atoms with E-state index in [-0.39, 0.29) is 0 Å². The van der Waals surface area contributed by atoms with Gasteiger partial charge in [-0.25, -0.2) is 0 Å². The van der Waals surface area contributed by atoms with Gasteiger partial charge in [-0.15, -0.1) is 0 Å². The molecule has 0 aromatic heterocycles. The van der Waals surface area contributed by atoms with E-state index in [1.54, 1.807) is 0 Å². The normalized spacial score (nSPS) is 29.0. The zero-order valence-electron chi connectivity index (χ0n) is 12.7. The van der Waals surface area contributed by atoms with Crippen LogP contribution in [0.25, 0.3) is 0 Å². The van der Waals surface area contributed by atoms with Crippen molar-refractivity contribution < 1.29 is 0 Å². The van der Waals surface area contributed by atoms with Gasteiger partial charge in [0.15, 0.2) is 0 Å². The van der Waals surface area contributed by atoms with Crippen molar-refractivity contribution in [2.45, 2.75) is 65.3 Å². The molecule has 2 fully saturated rings. The molecular formula is C16H32N2. The van der Waals surface area contributed by atoms with Gasteiger partial charge in [0.1, 0.15) is 0 Å². The van der Waals surface area contributed by atoms with Crippen molar-refractivity contribution in [3.8, 4) is 0 Å². The summed E-state index contributed by atoms with van der Waals surface area (Å²) in [6.07, 6.45) is 8.59. The third-order valence-electron chi connectivity index (χ3n) is 5.07. The van der Waals surface area contributed by atoms with Gasteiger partial charge in [-0.3, -0.25) is 4.90 Å². The summed E-state index contributed by atoms with van der Waals surface area (Å²) in [5.74, 6) is 0.814. The highest BCUT2D eigenvalue weighted by molar-refractivity contribution is 4.89. The second kappa shape index (κ2) is 6.38. The van der Waals surface area contributed by atoms with E-state index in [2.05, 4.69) is 31.0 Å². The third kappa shape index (κ3) is 3.71. The van der Waals surface area contributed by atoms with Crippen LogP contribution in [-0.4, -0.2) is 37.1 Å². The Morgan fingerprint density at radius 2 is 2.00 bits per heavy atom. The van der Waals surface area contributed by atoms with E-state index in [0.29, 0.717) is 5.41 Å². The lowest BCUT2D eigenvalue weighted by atomic mass is 9.82. The van der Waals surface area contributed by atoms with Crippen LogP contribution < -0.4 is 5.32 Å². The Balaban J connectivity index is 1.85.